The van der Waals surface area contributed by atoms with Crippen LogP contribution in [0.5, 0.6) is 11.5 Å². The van der Waals surface area contributed by atoms with Crippen molar-refractivity contribution in [1.29, 1.82) is 0 Å². The van der Waals surface area contributed by atoms with Crippen molar-refractivity contribution < 1.29 is 9.47 Å². The number of hydrogen-bond donors (Lipinski definition) is 0. The molecule has 0 N–H and O–H groups in total. The quantitative estimate of drug-likeness (QED) is 0.814. The van der Waals surface area contributed by atoms with E-state index in [1.807, 2.05) is 12.4 Å². The van der Waals surface area contributed by atoms with Gasteiger partial charge in [-0.05, 0) is 67.9 Å². The van der Waals surface area contributed by atoms with E-state index >= 15 is 0 Å². The maximum Gasteiger partial charge on any atom is 0.165 e. The zero-order chi connectivity index (χ0) is 15.7. The van der Waals surface area contributed by atoms with Gasteiger partial charge in [-0.25, -0.2) is 0 Å². The Kier molecular flexibility index (Phi) is 5.00. The molecule has 1 aliphatic carbocycles. The second-order valence-corrected chi connectivity index (χ2v) is 6.76. The van der Waals surface area contributed by atoms with E-state index in [-0.39, 0.29) is 18.0 Å². The number of benzene rings is 1. The number of fused-ring (bicyclic) bond motifs is 1. The summed E-state index contributed by atoms with van der Waals surface area (Å²) in [4.78, 5) is 4.09. The van der Waals surface area contributed by atoms with E-state index in [4.69, 9.17) is 9.47 Å². The molecule has 4 rings (SSSR count). The number of aryl methyl sites for hydroxylation is 2. The van der Waals surface area contributed by atoms with Gasteiger partial charge in [0.25, 0.3) is 0 Å². The van der Waals surface area contributed by atoms with Crippen molar-refractivity contribution in [2.45, 2.75) is 50.5 Å². The minimum absolute atomic E-state index is 0. The standard InChI is InChI=1S/C20H23NO2.ClH/c1-22-18-7-6-16(5-4-15-8-12-21-13-9-15)17-14-20(23-19(17)18)10-2-3-11-20;/h6-9,12-13H,2-5,10-11,14H2,1H3;1H. The van der Waals surface area contributed by atoms with E-state index in [0.29, 0.717) is 0 Å². The smallest absolute Gasteiger partial charge is 0.165 e. The summed E-state index contributed by atoms with van der Waals surface area (Å²) in [7, 11) is 1.73. The first-order valence-corrected chi connectivity index (χ1v) is 8.56. The molecule has 24 heavy (non-hydrogen) atoms. The number of aromatic nitrogens is 1. The molecule has 1 spiro atoms. The van der Waals surface area contributed by atoms with E-state index in [9.17, 15) is 0 Å². The monoisotopic (exact) mass is 345 g/mol. The second kappa shape index (κ2) is 7.02. The topological polar surface area (TPSA) is 31.4 Å². The van der Waals surface area contributed by atoms with E-state index < -0.39 is 0 Å². The van der Waals surface area contributed by atoms with Gasteiger partial charge >= 0.3 is 0 Å². The molecule has 1 aromatic carbocycles. The van der Waals surface area contributed by atoms with Gasteiger partial charge in [-0.1, -0.05) is 6.07 Å². The Morgan fingerprint density at radius 3 is 2.54 bits per heavy atom. The Morgan fingerprint density at radius 1 is 1.08 bits per heavy atom. The molecule has 2 heterocycles. The van der Waals surface area contributed by atoms with E-state index in [0.717, 1.165) is 30.8 Å². The third-order valence-electron chi connectivity index (χ3n) is 5.31. The highest BCUT2D eigenvalue weighted by Crippen LogP contribution is 2.49. The molecule has 3 nitrogen and oxygen atoms in total. The average Bonchev–Trinajstić information content (AvgIpc) is 3.20. The molecule has 0 saturated heterocycles. The third kappa shape index (κ3) is 3.10. The Morgan fingerprint density at radius 2 is 1.83 bits per heavy atom. The Labute approximate surface area is 149 Å². The molecule has 0 radical (unpaired) electrons. The molecule has 128 valence electrons. The van der Waals surface area contributed by atoms with Gasteiger partial charge in [0.2, 0.25) is 0 Å². The Hall–Kier alpha value is -1.74. The van der Waals surface area contributed by atoms with Crippen molar-refractivity contribution in [2.75, 3.05) is 7.11 Å². The van der Waals surface area contributed by atoms with Crippen LogP contribution in [-0.2, 0) is 19.3 Å². The van der Waals surface area contributed by atoms with Crippen LogP contribution in [0, 0.1) is 0 Å². The predicted molar refractivity (Wildman–Crippen MR) is 97.4 cm³/mol. The molecule has 1 fully saturated rings. The molecular weight excluding hydrogens is 322 g/mol. The van der Waals surface area contributed by atoms with Gasteiger partial charge in [-0.15, -0.1) is 12.4 Å². The second-order valence-electron chi connectivity index (χ2n) is 6.76. The first-order valence-electron chi connectivity index (χ1n) is 8.56. The molecule has 0 amide bonds. The van der Waals surface area contributed by atoms with Crippen LogP contribution in [0.25, 0.3) is 0 Å². The maximum absolute atomic E-state index is 6.44. The largest absolute Gasteiger partial charge is 0.493 e. The van der Waals surface area contributed by atoms with Gasteiger partial charge in [-0.2, -0.15) is 0 Å². The Bertz CT molecular complexity index is 696. The lowest BCUT2D eigenvalue weighted by molar-refractivity contribution is 0.0996. The van der Waals surface area contributed by atoms with Gasteiger partial charge < -0.3 is 9.47 Å². The van der Waals surface area contributed by atoms with E-state index in [1.165, 1.54) is 42.4 Å². The highest BCUT2D eigenvalue weighted by atomic mass is 35.5. The fourth-order valence-corrected chi connectivity index (χ4v) is 4.05. The summed E-state index contributed by atoms with van der Waals surface area (Å²) in [5, 5.41) is 0. The number of hydrogen-bond acceptors (Lipinski definition) is 3. The van der Waals surface area contributed by atoms with Crippen LogP contribution in [0.15, 0.2) is 36.7 Å². The zero-order valence-corrected chi connectivity index (χ0v) is 14.9. The minimum Gasteiger partial charge on any atom is -0.493 e. The van der Waals surface area contributed by atoms with Gasteiger partial charge in [0.15, 0.2) is 11.5 Å². The van der Waals surface area contributed by atoms with Gasteiger partial charge in [0, 0.05) is 24.4 Å². The van der Waals surface area contributed by atoms with E-state index in [2.05, 4.69) is 29.2 Å². The third-order valence-corrected chi connectivity index (χ3v) is 5.31. The lowest BCUT2D eigenvalue weighted by Crippen LogP contribution is -2.30. The molecule has 2 aliphatic rings. The van der Waals surface area contributed by atoms with Crippen molar-refractivity contribution >= 4 is 12.4 Å². The summed E-state index contributed by atoms with van der Waals surface area (Å²) >= 11 is 0. The molecule has 2 aromatic rings. The van der Waals surface area contributed by atoms with Gasteiger partial charge in [-0.3, -0.25) is 4.98 Å². The molecule has 1 saturated carbocycles. The summed E-state index contributed by atoms with van der Waals surface area (Å²) in [6.07, 6.45) is 11.8. The summed E-state index contributed by atoms with van der Waals surface area (Å²) in [5.41, 5.74) is 4.16. The van der Waals surface area contributed by atoms with Crippen molar-refractivity contribution in [3.05, 3.63) is 53.3 Å². The number of rotatable bonds is 4. The fourth-order valence-electron chi connectivity index (χ4n) is 4.05. The molecule has 4 heteroatoms. The fraction of sp³-hybridized carbons (Fsp3) is 0.450. The number of halogens is 1. The maximum atomic E-state index is 6.44. The molecule has 1 aromatic heterocycles. The van der Waals surface area contributed by atoms with Crippen molar-refractivity contribution in [3.8, 4) is 11.5 Å². The van der Waals surface area contributed by atoms with E-state index in [1.54, 1.807) is 7.11 Å². The highest BCUT2D eigenvalue weighted by molar-refractivity contribution is 5.85. The predicted octanol–water partition coefficient (Wildman–Crippen LogP) is 4.54. The number of pyridine rings is 1. The van der Waals surface area contributed by atoms with Crippen molar-refractivity contribution in [3.63, 3.8) is 0 Å². The first-order chi connectivity index (χ1) is 11.3. The number of methoxy groups -OCH3 is 1. The molecule has 0 unspecified atom stereocenters. The molecular formula is C20H24ClNO2. The average molecular weight is 346 g/mol. The molecule has 0 bridgehead atoms. The van der Waals surface area contributed by atoms with Gasteiger partial charge in [0.1, 0.15) is 5.60 Å². The summed E-state index contributed by atoms with van der Waals surface area (Å²) in [6.45, 7) is 0. The zero-order valence-electron chi connectivity index (χ0n) is 14.1. The van der Waals surface area contributed by atoms with Crippen molar-refractivity contribution in [2.24, 2.45) is 0 Å². The first kappa shape index (κ1) is 17.1. The number of nitrogens with zero attached hydrogens (tertiary/aromatic N) is 1. The van der Waals surface area contributed by atoms with Crippen LogP contribution < -0.4 is 9.47 Å². The Balaban J connectivity index is 0.00000169. The van der Waals surface area contributed by atoms with Crippen LogP contribution in [0.3, 0.4) is 0 Å². The summed E-state index contributed by atoms with van der Waals surface area (Å²) < 4.78 is 12.0. The lowest BCUT2D eigenvalue weighted by atomic mass is 9.91. The van der Waals surface area contributed by atoms with Crippen LogP contribution in [0.2, 0.25) is 0 Å². The van der Waals surface area contributed by atoms with Crippen LogP contribution in [0.1, 0.15) is 42.4 Å². The van der Waals surface area contributed by atoms with Crippen LogP contribution in [0.4, 0.5) is 0 Å². The lowest BCUT2D eigenvalue weighted by Gasteiger charge is -2.22. The van der Waals surface area contributed by atoms with Crippen LogP contribution in [-0.4, -0.2) is 17.7 Å². The van der Waals surface area contributed by atoms with Crippen molar-refractivity contribution in [1.82, 2.24) is 4.98 Å². The minimum atomic E-state index is 0. The van der Waals surface area contributed by atoms with Gasteiger partial charge in [0.05, 0.1) is 7.11 Å². The van der Waals surface area contributed by atoms with Crippen LogP contribution >= 0.6 is 12.4 Å². The summed E-state index contributed by atoms with van der Waals surface area (Å²) in [6, 6.07) is 8.47. The SMILES string of the molecule is COc1ccc(CCc2ccncc2)c2c1OC1(CCCC1)C2.Cl. The normalized spacial score (nSPS) is 17.2. The highest BCUT2D eigenvalue weighted by Gasteiger charge is 2.43. The summed E-state index contributed by atoms with van der Waals surface area (Å²) in [5.74, 6) is 1.89. The molecule has 1 aliphatic heterocycles. The molecule has 0 atom stereocenters. The number of ether oxygens (including phenoxy) is 2.